The molecule has 1 aliphatic rings. The molecule has 4 aromatic rings. The largest absolute Gasteiger partial charge is 0.457 e. The highest BCUT2D eigenvalue weighted by Crippen LogP contribution is 2.35. The third-order valence-electron chi connectivity index (χ3n) is 5.93. The summed E-state index contributed by atoms with van der Waals surface area (Å²) in [4.78, 5) is 23.8. The lowest BCUT2D eigenvalue weighted by molar-refractivity contribution is -0.129. The molecule has 0 saturated carbocycles. The fraction of sp³-hybridized carbons (Fsp3) is 0.222. The van der Waals surface area contributed by atoms with E-state index in [4.69, 9.17) is 9.72 Å². The summed E-state index contributed by atoms with van der Waals surface area (Å²) in [6.07, 6.45) is 8.19. The second-order valence-electron chi connectivity index (χ2n) is 8.12. The maximum atomic E-state index is 13.5. The number of hydrogen-bond acceptors (Lipinski definition) is 4. The molecule has 0 N–H and O–H groups in total. The van der Waals surface area contributed by atoms with Gasteiger partial charge in [0.25, 0.3) is 5.91 Å². The third kappa shape index (κ3) is 4.23. The first kappa shape index (κ1) is 21.7. The van der Waals surface area contributed by atoms with Crippen LogP contribution < -0.4 is 4.74 Å². The van der Waals surface area contributed by atoms with Crippen LogP contribution in [0.25, 0.3) is 16.8 Å². The Labute approximate surface area is 197 Å². The van der Waals surface area contributed by atoms with Crippen molar-refractivity contribution in [3.05, 3.63) is 78.8 Å². The van der Waals surface area contributed by atoms with Crippen molar-refractivity contribution in [3.63, 3.8) is 0 Å². The predicted octanol–water partition coefficient (Wildman–Crippen LogP) is 5.40. The normalized spacial score (nSPS) is 15.6. The van der Waals surface area contributed by atoms with Crippen molar-refractivity contribution in [2.45, 2.75) is 32.2 Å². The van der Waals surface area contributed by atoms with Gasteiger partial charge in [0.05, 0.1) is 23.4 Å². The Morgan fingerprint density at radius 2 is 2.00 bits per heavy atom. The van der Waals surface area contributed by atoms with Gasteiger partial charge in [0.15, 0.2) is 0 Å². The zero-order valence-electron chi connectivity index (χ0n) is 18.7. The summed E-state index contributed by atoms with van der Waals surface area (Å²) < 4.78 is 21.2. The quantitative estimate of drug-likeness (QED) is 0.387. The number of likely N-dealkylation sites (tertiary alicyclic amines) is 1. The number of aromatic nitrogens is 3. The molecule has 0 spiro atoms. The first-order valence-corrected chi connectivity index (χ1v) is 11.2. The van der Waals surface area contributed by atoms with Crippen LogP contribution in [0.1, 0.15) is 38.1 Å². The van der Waals surface area contributed by atoms with Crippen LogP contribution in [0.4, 0.5) is 4.39 Å². The second kappa shape index (κ2) is 9.36. The molecule has 0 radical (unpaired) electrons. The molecule has 2 aromatic heterocycles. The molecule has 0 unspecified atom stereocenters. The molecule has 1 amide bonds. The summed E-state index contributed by atoms with van der Waals surface area (Å²) in [6, 6.07) is 13.4. The van der Waals surface area contributed by atoms with Gasteiger partial charge in [0.1, 0.15) is 23.1 Å². The van der Waals surface area contributed by atoms with Gasteiger partial charge in [-0.3, -0.25) is 14.2 Å². The van der Waals surface area contributed by atoms with Crippen molar-refractivity contribution in [1.29, 1.82) is 0 Å². The smallest absolute Gasteiger partial charge is 0.299 e. The zero-order valence-corrected chi connectivity index (χ0v) is 18.7. The van der Waals surface area contributed by atoms with Gasteiger partial charge in [-0.15, -0.1) is 0 Å². The van der Waals surface area contributed by atoms with Gasteiger partial charge >= 0.3 is 0 Å². The van der Waals surface area contributed by atoms with Crippen molar-refractivity contribution in [3.8, 4) is 34.6 Å². The van der Waals surface area contributed by atoms with Crippen LogP contribution in [0.3, 0.4) is 0 Å². The van der Waals surface area contributed by atoms with E-state index < -0.39 is 0 Å². The van der Waals surface area contributed by atoms with Crippen molar-refractivity contribution >= 4 is 11.4 Å². The van der Waals surface area contributed by atoms with Gasteiger partial charge in [-0.25, -0.2) is 9.37 Å². The van der Waals surface area contributed by atoms with Gasteiger partial charge in [0, 0.05) is 30.6 Å². The van der Waals surface area contributed by atoms with Gasteiger partial charge in [-0.05, 0) is 68.5 Å². The molecular formula is C27H23FN4O2. The Balaban J connectivity index is 1.50. The van der Waals surface area contributed by atoms with Crippen molar-refractivity contribution < 1.29 is 13.9 Å². The molecule has 1 aliphatic heterocycles. The monoisotopic (exact) mass is 454 g/mol. The molecule has 1 fully saturated rings. The van der Waals surface area contributed by atoms with Gasteiger partial charge in [-0.2, -0.15) is 0 Å². The third-order valence-corrected chi connectivity index (χ3v) is 5.93. The average molecular weight is 455 g/mol. The molecule has 1 saturated heterocycles. The van der Waals surface area contributed by atoms with Crippen LogP contribution >= 0.6 is 0 Å². The molecule has 2 aromatic carbocycles. The van der Waals surface area contributed by atoms with Gasteiger partial charge < -0.3 is 9.64 Å². The first-order chi connectivity index (χ1) is 16.6. The van der Waals surface area contributed by atoms with Gasteiger partial charge in [-0.1, -0.05) is 12.0 Å². The highest BCUT2D eigenvalue weighted by atomic mass is 19.1. The lowest BCUT2D eigenvalue weighted by Crippen LogP contribution is -2.38. The number of rotatable bonds is 4. The number of piperidine rings is 1. The SMILES string of the molecule is CC#CC(=O)N1CCCC[C@H]1c1nc(-c2ccc(Oc3cccc(F)c3)cc2)c2cnccn12. The number of hydrogen-bond donors (Lipinski definition) is 0. The van der Waals surface area contributed by atoms with E-state index in [0.717, 1.165) is 41.9 Å². The number of carbonyl (C=O) groups excluding carboxylic acids is 1. The molecular weight excluding hydrogens is 431 g/mol. The molecule has 170 valence electrons. The van der Waals surface area contributed by atoms with E-state index in [9.17, 15) is 9.18 Å². The lowest BCUT2D eigenvalue weighted by Gasteiger charge is -2.33. The highest BCUT2D eigenvalue weighted by molar-refractivity contribution is 5.93. The topological polar surface area (TPSA) is 59.7 Å². The van der Waals surface area contributed by atoms with Gasteiger partial charge in [0.2, 0.25) is 0 Å². The highest BCUT2D eigenvalue weighted by Gasteiger charge is 2.31. The summed E-state index contributed by atoms with van der Waals surface area (Å²) in [5, 5.41) is 0. The maximum Gasteiger partial charge on any atom is 0.299 e. The maximum absolute atomic E-state index is 13.5. The van der Waals surface area contributed by atoms with E-state index in [-0.39, 0.29) is 17.8 Å². The second-order valence-corrected chi connectivity index (χ2v) is 8.12. The Morgan fingerprint density at radius 1 is 1.15 bits per heavy atom. The van der Waals surface area contributed by atoms with Crippen LogP contribution in [-0.2, 0) is 4.79 Å². The molecule has 7 heteroatoms. The number of ether oxygens (including phenoxy) is 1. The van der Waals surface area contributed by atoms with E-state index in [2.05, 4.69) is 16.8 Å². The summed E-state index contributed by atoms with van der Waals surface area (Å²) in [7, 11) is 0. The van der Waals surface area contributed by atoms with E-state index in [0.29, 0.717) is 18.0 Å². The molecule has 0 aliphatic carbocycles. The van der Waals surface area contributed by atoms with Crippen LogP contribution in [0.2, 0.25) is 0 Å². The summed E-state index contributed by atoms with van der Waals surface area (Å²) in [5.41, 5.74) is 2.53. The number of benzene rings is 2. The number of carbonyl (C=O) groups is 1. The number of nitrogens with zero attached hydrogens (tertiary/aromatic N) is 4. The number of fused-ring (bicyclic) bond motifs is 1. The molecule has 3 heterocycles. The molecule has 6 nitrogen and oxygen atoms in total. The average Bonchev–Trinajstić information content (AvgIpc) is 3.24. The Morgan fingerprint density at radius 3 is 2.79 bits per heavy atom. The van der Waals surface area contributed by atoms with Crippen LogP contribution in [0.15, 0.2) is 67.1 Å². The minimum atomic E-state index is -0.348. The summed E-state index contributed by atoms with van der Waals surface area (Å²) in [5.74, 6) is 6.72. The minimum absolute atomic E-state index is 0.152. The number of amides is 1. The van der Waals surface area contributed by atoms with E-state index in [1.807, 2.05) is 39.8 Å². The van der Waals surface area contributed by atoms with E-state index in [1.54, 1.807) is 31.5 Å². The van der Waals surface area contributed by atoms with E-state index >= 15 is 0 Å². The minimum Gasteiger partial charge on any atom is -0.457 e. The van der Waals surface area contributed by atoms with Crippen molar-refractivity contribution in [2.24, 2.45) is 0 Å². The Bertz CT molecular complexity index is 1400. The Kier molecular flexibility index (Phi) is 5.96. The number of halogens is 1. The molecule has 34 heavy (non-hydrogen) atoms. The van der Waals surface area contributed by atoms with Crippen molar-refractivity contribution in [1.82, 2.24) is 19.3 Å². The van der Waals surface area contributed by atoms with Crippen LogP contribution in [0, 0.1) is 17.7 Å². The lowest BCUT2D eigenvalue weighted by atomic mass is 10.0. The molecule has 1 atom stereocenters. The standard InChI is InChI=1S/C27H23FN4O2/c1-2-6-25(33)31-15-4-3-9-23(31)27-30-26(24-18-29-14-16-32(24)27)19-10-12-21(13-11-19)34-22-8-5-7-20(28)17-22/h5,7-8,10-14,16-18,23H,3-4,9,15H2,1H3/t23-/m0/s1. The van der Waals surface area contributed by atoms with Crippen molar-refractivity contribution in [2.75, 3.05) is 6.54 Å². The number of imidazole rings is 1. The van der Waals surface area contributed by atoms with Crippen LogP contribution in [-0.4, -0.2) is 31.7 Å². The summed E-state index contributed by atoms with van der Waals surface area (Å²) in [6.45, 7) is 2.34. The molecule has 0 bridgehead atoms. The molecule has 5 rings (SSSR count). The van der Waals surface area contributed by atoms with E-state index in [1.165, 1.54) is 12.1 Å². The predicted molar refractivity (Wildman–Crippen MR) is 127 cm³/mol. The summed E-state index contributed by atoms with van der Waals surface area (Å²) >= 11 is 0. The van der Waals surface area contributed by atoms with Crippen LogP contribution in [0.5, 0.6) is 11.5 Å². The fourth-order valence-corrected chi connectivity index (χ4v) is 4.38. The zero-order chi connectivity index (χ0) is 23.5. The fourth-order valence-electron chi connectivity index (χ4n) is 4.38. The Hall–Kier alpha value is -4.18. The first-order valence-electron chi connectivity index (χ1n) is 11.2.